The number of nitrogens with one attached hydrogen (secondary N) is 1. The molecule has 0 amide bonds. The van der Waals surface area contributed by atoms with Crippen molar-refractivity contribution in [3.05, 3.63) is 42.5 Å². The lowest BCUT2D eigenvalue weighted by molar-refractivity contribution is 0.105. The van der Waals surface area contributed by atoms with Crippen LogP contribution in [0.15, 0.2) is 47.4 Å². The minimum absolute atomic E-state index is 0.139. The second-order valence-corrected chi connectivity index (χ2v) is 6.68. The molecule has 5 nitrogen and oxygen atoms in total. The molecule has 0 atom stereocenters. The zero-order valence-electron chi connectivity index (χ0n) is 11.8. The van der Waals surface area contributed by atoms with E-state index >= 15 is 0 Å². The molecule has 0 aliphatic heterocycles. The average molecular weight is 309 g/mol. The molecule has 114 valence electrons. The Kier molecular flexibility index (Phi) is 4.63. The van der Waals surface area contributed by atoms with Crippen molar-refractivity contribution in [2.75, 3.05) is 13.2 Å². The third kappa shape index (κ3) is 3.08. The van der Waals surface area contributed by atoms with E-state index in [1.165, 1.54) is 6.07 Å². The number of aliphatic hydroxyl groups excluding tert-OH is 2. The van der Waals surface area contributed by atoms with Gasteiger partial charge in [-0.2, -0.15) is 0 Å². The van der Waals surface area contributed by atoms with Gasteiger partial charge in [0.05, 0.1) is 23.6 Å². The van der Waals surface area contributed by atoms with Crippen molar-refractivity contribution < 1.29 is 18.6 Å². The second-order valence-electron chi connectivity index (χ2n) is 5.03. The maximum absolute atomic E-state index is 12.6. The first-order chi connectivity index (χ1) is 9.98. The number of aliphatic hydroxyl groups is 2. The Hall–Kier alpha value is -1.47. The fourth-order valence-corrected chi connectivity index (χ4v) is 3.87. The lowest BCUT2D eigenvalue weighted by Crippen LogP contribution is -2.53. The van der Waals surface area contributed by atoms with Crippen LogP contribution in [0, 0.1) is 0 Å². The van der Waals surface area contributed by atoms with Crippen LogP contribution in [0.3, 0.4) is 0 Å². The quantitative estimate of drug-likeness (QED) is 0.749. The monoisotopic (exact) mass is 309 g/mol. The van der Waals surface area contributed by atoms with Gasteiger partial charge in [-0.1, -0.05) is 43.3 Å². The van der Waals surface area contributed by atoms with Gasteiger partial charge in [0.25, 0.3) is 0 Å². The van der Waals surface area contributed by atoms with Crippen molar-refractivity contribution >= 4 is 20.8 Å². The normalized spacial score (nSPS) is 12.7. The predicted molar refractivity (Wildman–Crippen MR) is 81.5 cm³/mol. The fraction of sp³-hybridized carbons (Fsp3) is 0.333. The van der Waals surface area contributed by atoms with Gasteiger partial charge >= 0.3 is 0 Å². The summed E-state index contributed by atoms with van der Waals surface area (Å²) < 4.78 is 27.6. The zero-order chi connectivity index (χ0) is 15.5. The number of rotatable bonds is 6. The lowest BCUT2D eigenvalue weighted by Gasteiger charge is -2.29. The van der Waals surface area contributed by atoms with Crippen molar-refractivity contribution in [3.8, 4) is 0 Å². The van der Waals surface area contributed by atoms with Crippen molar-refractivity contribution in [1.29, 1.82) is 0 Å². The summed E-state index contributed by atoms with van der Waals surface area (Å²) in [4.78, 5) is 0.139. The summed E-state index contributed by atoms with van der Waals surface area (Å²) in [5.74, 6) is 0. The van der Waals surface area contributed by atoms with E-state index < -0.39 is 28.8 Å². The van der Waals surface area contributed by atoms with Crippen LogP contribution in [0.1, 0.15) is 13.3 Å². The van der Waals surface area contributed by atoms with Crippen molar-refractivity contribution in [2.45, 2.75) is 23.8 Å². The Morgan fingerprint density at radius 3 is 2.29 bits per heavy atom. The van der Waals surface area contributed by atoms with E-state index in [0.29, 0.717) is 5.39 Å². The Morgan fingerprint density at radius 2 is 1.67 bits per heavy atom. The van der Waals surface area contributed by atoms with Crippen LogP contribution in [0.4, 0.5) is 0 Å². The number of hydrogen-bond donors (Lipinski definition) is 3. The van der Waals surface area contributed by atoms with E-state index in [2.05, 4.69) is 4.72 Å². The minimum atomic E-state index is -3.85. The first-order valence-electron chi connectivity index (χ1n) is 6.71. The van der Waals surface area contributed by atoms with Gasteiger partial charge < -0.3 is 10.2 Å². The van der Waals surface area contributed by atoms with Gasteiger partial charge in [-0.25, -0.2) is 13.1 Å². The molecule has 21 heavy (non-hydrogen) atoms. The molecule has 0 aliphatic carbocycles. The average Bonchev–Trinajstić information content (AvgIpc) is 2.52. The summed E-state index contributed by atoms with van der Waals surface area (Å²) in [5, 5.41) is 20.2. The zero-order valence-corrected chi connectivity index (χ0v) is 12.6. The molecule has 0 fully saturated rings. The molecule has 0 saturated heterocycles. The number of sulfonamides is 1. The molecule has 2 aromatic carbocycles. The molecule has 0 saturated carbocycles. The van der Waals surface area contributed by atoms with Gasteiger partial charge in [0, 0.05) is 5.39 Å². The summed E-state index contributed by atoms with van der Waals surface area (Å²) in [6.07, 6.45) is 0.282. The van der Waals surface area contributed by atoms with E-state index in [4.69, 9.17) is 0 Å². The Bertz CT molecular complexity index is 710. The van der Waals surface area contributed by atoms with E-state index in [1.807, 2.05) is 18.2 Å². The molecule has 0 heterocycles. The van der Waals surface area contributed by atoms with E-state index in [-0.39, 0.29) is 11.3 Å². The Balaban J connectivity index is 2.52. The highest BCUT2D eigenvalue weighted by molar-refractivity contribution is 7.89. The first kappa shape index (κ1) is 15.9. The molecule has 0 bridgehead atoms. The smallest absolute Gasteiger partial charge is 0.241 e. The minimum Gasteiger partial charge on any atom is -0.394 e. The first-order valence-corrected chi connectivity index (χ1v) is 8.20. The molecular formula is C15H19NO4S. The van der Waals surface area contributed by atoms with Crippen LogP contribution in [-0.2, 0) is 10.0 Å². The summed E-state index contributed by atoms with van der Waals surface area (Å²) >= 11 is 0. The van der Waals surface area contributed by atoms with Crippen LogP contribution < -0.4 is 4.72 Å². The predicted octanol–water partition coefficient (Wildman–Crippen LogP) is 1.25. The molecule has 2 aromatic rings. The van der Waals surface area contributed by atoms with Crippen molar-refractivity contribution in [1.82, 2.24) is 4.72 Å². The molecule has 0 aliphatic rings. The van der Waals surface area contributed by atoms with Crippen molar-refractivity contribution in [3.63, 3.8) is 0 Å². The van der Waals surface area contributed by atoms with E-state index in [0.717, 1.165) is 5.39 Å². The highest BCUT2D eigenvalue weighted by Crippen LogP contribution is 2.24. The second kappa shape index (κ2) is 6.11. The van der Waals surface area contributed by atoms with Crippen molar-refractivity contribution in [2.24, 2.45) is 0 Å². The van der Waals surface area contributed by atoms with Gasteiger partial charge in [0.15, 0.2) is 0 Å². The number of fused-ring (bicyclic) bond motifs is 1. The molecule has 3 N–H and O–H groups in total. The molecule has 0 radical (unpaired) electrons. The molecule has 0 spiro atoms. The third-order valence-electron chi connectivity index (χ3n) is 3.67. The largest absolute Gasteiger partial charge is 0.394 e. The van der Waals surface area contributed by atoms with E-state index in [1.54, 1.807) is 25.1 Å². The highest BCUT2D eigenvalue weighted by Gasteiger charge is 2.33. The molecule has 6 heteroatoms. The molecule has 2 rings (SSSR count). The summed E-state index contributed by atoms with van der Waals surface area (Å²) in [7, 11) is -3.85. The lowest BCUT2D eigenvalue weighted by atomic mass is 10.0. The topological polar surface area (TPSA) is 86.6 Å². The Labute approximate surface area is 124 Å². The summed E-state index contributed by atoms with van der Waals surface area (Å²) in [6.45, 7) is 0.770. The van der Waals surface area contributed by atoms with Crippen LogP contribution in [0.25, 0.3) is 10.8 Å². The summed E-state index contributed by atoms with van der Waals surface area (Å²) in [5.41, 5.74) is -1.25. The van der Waals surface area contributed by atoms with Gasteiger partial charge in [0.2, 0.25) is 10.0 Å². The maximum Gasteiger partial charge on any atom is 0.241 e. The van der Waals surface area contributed by atoms with Crippen LogP contribution in [0.5, 0.6) is 0 Å². The number of benzene rings is 2. The van der Waals surface area contributed by atoms with Crippen LogP contribution >= 0.6 is 0 Å². The molecule has 0 unspecified atom stereocenters. The number of hydrogen-bond acceptors (Lipinski definition) is 4. The third-order valence-corrected chi connectivity index (χ3v) is 5.31. The molecular weight excluding hydrogens is 290 g/mol. The van der Waals surface area contributed by atoms with E-state index in [9.17, 15) is 18.6 Å². The highest BCUT2D eigenvalue weighted by atomic mass is 32.2. The van der Waals surface area contributed by atoms with Gasteiger partial charge in [-0.15, -0.1) is 0 Å². The van der Waals surface area contributed by atoms with Crippen LogP contribution in [-0.4, -0.2) is 37.4 Å². The van der Waals surface area contributed by atoms with Gasteiger partial charge in [-0.3, -0.25) is 0 Å². The SMILES string of the molecule is CCC(CO)(CO)NS(=O)(=O)c1cccc2ccccc12. The standard InChI is InChI=1S/C15H19NO4S/c1-2-15(10-17,11-18)16-21(19,20)14-9-5-7-12-6-3-4-8-13(12)14/h3-9,16-18H,2,10-11H2,1H3. The summed E-state index contributed by atoms with van der Waals surface area (Å²) in [6, 6.07) is 12.2. The fourth-order valence-electron chi connectivity index (χ4n) is 2.18. The van der Waals surface area contributed by atoms with Crippen LogP contribution in [0.2, 0.25) is 0 Å². The van der Waals surface area contributed by atoms with Gasteiger partial charge in [0.1, 0.15) is 0 Å². The van der Waals surface area contributed by atoms with Gasteiger partial charge in [-0.05, 0) is 17.9 Å². The molecule has 0 aromatic heterocycles. The maximum atomic E-state index is 12.6. The Morgan fingerprint density at radius 1 is 1.05 bits per heavy atom.